The summed E-state index contributed by atoms with van der Waals surface area (Å²) in [5, 5.41) is 16.9. The number of aryl methyl sites for hydroxylation is 2. The number of carbonyl (C=O) groups is 1. The SMILES string of the molecule is Cc1nc(N2CC(Cc3ccccc3F)(C(=O)NCCO)C2)c2cnn(C)c2n1. The number of halogens is 1. The molecule has 4 rings (SSSR count). The molecule has 1 aromatic carbocycles. The fraction of sp³-hybridized carbons (Fsp3) is 0.400. The second kappa shape index (κ2) is 7.40. The van der Waals surface area contributed by atoms with Crippen LogP contribution in [0.2, 0.25) is 0 Å². The van der Waals surface area contributed by atoms with Crippen molar-refractivity contribution >= 4 is 22.8 Å². The summed E-state index contributed by atoms with van der Waals surface area (Å²) in [4.78, 5) is 23.9. The second-order valence-electron chi connectivity index (χ2n) is 7.48. The summed E-state index contributed by atoms with van der Waals surface area (Å²) < 4.78 is 16.0. The molecule has 3 aromatic rings. The zero-order chi connectivity index (χ0) is 20.6. The molecule has 0 radical (unpaired) electrons. The van der Waals surface area contributed by atoms with Crippen LogP contribution in [0.3, 0.4) is 0 Å². The number of amides is 1. The Morgan fingerprint density at radius 2 is 2.07 bits per heavy atom. The molecule has 152 valence electrons. The summed E-state index contributed by atoms with van der Waals surface area (Å²) in [6.07, 6.45) is 1.99. The first-order valence-corrected chi connectivity index (χ1v) is 9.47. The number of rotatable bonds is 6. The van der Waals surface area contributed by atoms with Gasteiger partial charge < -0.3 is 15.3 Å². The van der Waals surface area contributed by atoms with Crippen LogP contribution in [0.25, 0.3) is 11.0 Å². The van der Waals surface area contributed by atoms with Crippen molar-refractivity contribution in [1.29, 1.82) is 0 Å². The fourth-order valence-electron chi connectivity index (χ4n) is 3.89. The van der Waals surface area contributed by atoms with Crippen molar-refractivity contribution in [2.75, 3.05) is 31.1 Å². The molecule has 0 spiro atoms. The molecule has 0 atom stereocenters. The average molecular weight is 398 g/mol. The van der Waals surface area contributed by atoms with Gasteiger partial charge in [-0.05, 0) is 25.0 Å². The van der Waals surface area contributed by atoms with Crippen LogP contribution in [-0.4, -0.2) is 57.0 Å². The Hall–Kier alpha value is -3.07. The van der Waals surface area contributed by atoms with E-state index in [1.54, 1.807) is 29.1 Å². The molecule has 1 amide bonds. The molecule has 0 bridgehead atoms. The Balaban J connectivity index is 1.65. The minimum absolute atomic E-state index is 0.146. The normalized spacial score (nSPS) is 15.4. The van der Waals surface area contributed by atoms with Gasteiger partial charge in [0, 0.05) is 26.7 Å². The van der Waals surface area contributed by atoms with Gasteiger partial charge in [0.25, 0.3) is 0 Å². The van der Waals surface area contributed by atoms with Gasteiger partial charge in [-0.2, -0.15) is 5.10 Å². The highest BCUT2D eigenvalue weighted by molar-refractivity contribution is 5.91. The molecule has 1 saturated heterocycles. The summed E-state index contributed by atoms with van der Waals surface area (Å²) >= 11 is 0. The molecular formula is C20H23FN6O2. The van der Waals surface area contributed by atoms with Crippen LogP contribution in [0.5, 0.6) is 0 Å². The molecule has 9 heteroatoms. The van der Waals surface area contributed by atoms with Crippen LogP contribution in [0.4, 0.5) is 10.2 Å². The zero-order valence-corrected chi connectivity index (χ0v) is 16.4. The Bertz CT molecular complexity index is 1060. The first-order chi connectivity index (χ1) is 13.9. The predicted octanol–water partition coefficient (Wildman–Crippen LogP) is 0.968. The lowest BCUT2D eigenvalue weighted by atomic mass is 9.73. The fourth-order valence-corrected chi connectivity index (χ4v) is 3.89. The standard InChI is InChI=1S/C20H23FN6O2/c1-13-24-17-15(10-23-26(17)2)18(25-13)27-11-20(12-27,19(29)22-7-8-28)9-14-5-3-4-6-16(14)21/h3-6,10,28H,7-9,11-12H2,1-2H3,(H,22,29). The van der Waals surface area contributed by atoms with Crippen LogP contribution in [-0.2, 0) is 18.3 Å². The molecule has 2 N–H and O–H groups in total. The number of aromatic nitrogens is 4. The van der Waals surface area contributed by atoms with Gasteiger partial charge in [-0.25, -0.2) is 14.4 Å². The van der Waals surface area contributed by atoms with Crippen molar-refractivity contribution in [3.8, 4) is 0 Å². The maximum atomic E-state index is 14.3. The molecule has 1 aliphatic rings. The zero-order valence-electron chi connectivity index (χ0n) is 16.4. The van der Waals surface area contributed by atoms with Crippen molar-refractivity contribution in [3.05, 3.63) is 47.7 Å². The molecule has 0 unspecified atom stereocenters. The maximum absolute atomic E-state index is 14.3. The van der Waals surface area contributed by atoms with Gasteiger partial charge in [0.05, 0.1) is 23.6 Å². The number of hydrogen-bond acceptors (Lipinski definition) is 6. The number of nitrogens with zero attached hydrogens (tertiary/aromatic N) is 5. The smallest absolute Gasteiger partial charge is 0.230 e. The highest BCUT2D eigenvalue weighted by atomic mass is 19.1. The molecule has 1 fully saturated rings. The summed E-state index contributed by atoms with van der Waals surface area (Å²) in [7, 11) is 1.82. The van der Waals surface area contributed by atoms with Crippen LogP contribution in [0.15, 0.2) is 30.5 Å². The van der Waals surface area contributed by atoms with E-state index in [9.17, 15) is 9.18 Å². The Morgan fingerprint density at radius 3 is 2.79 bits per heavy atom. The first-order valence-electron chi connectivity index (χ1n) is 9.47. The van der Waals surface area contributed by atoms with E-state index in [2.05, 4.69) is 20.4 Å². The molecule has 2 aromatic heterocycles. The maximum Gasteiger partial charge on any atom is 0.230 e. The van der Waals surface area contributed by atoms with E-state index in [1.165, 1.54) is 6.07 Å². The van der Waals surface area contributed by atoms with E-state index in [4.69, 9.17) is 5.11 Å². The molecule has 29 heavy (non-hydrogen) atoms. The summed E-state index contributed by atoms with van der Waals surface area (Å²) in [5.74, 6) is 0.819. The largest absolute Gasteiger partial charge is 0.395 e. The van der Waals surface area contributed by atoms with Crippen molar-refractivity contribution < 1.29 is 14.3 Å². The Kier molecular flexibility index (Phi) is 4.91. The lowest BCUT2D eigenvalue weighted by molar-refractivity contribution is -0.132. The van der Waals surface area contributed by atoms with Crippen LogP contribution < -0.4 is 10.2 Å². The number of benzene rings is 1. The molecule has 1 aliphatic heterocycles. The predicted molar refractivity (Wildman–Crippen MR) is 106 cm³/mol. The Labute approximate surface area is 167 Å². The van der Waals surface area contributed by atoms with Crippen LogP contribution in [0, 0.1) is 18.2 Å². The van der Waals surface area contributed by atoms with E-state index < -0.39 is 5.41 Å². The Morgan fingerprint density at radius 1 is 1.31 bits per heavy atom. The lowest BCUT2D eigenvalue weighted by Crippen LogP contribution is -2.65. The topological polar surface area (TPSA) is 96.2 Å². The number of carbonyl (C=O) groups excluding carboxylic acids is 1. The van der Waals surface area contributed by atoms with Gasteiger partial charge in [0.15, 0.2) is 5.65 Å². The highest BCUT2D eigenvalue weighted by Gasteiger charge is 2.50. The number of anilines is 1. The van der Waals surface area contributed by atoms with Crippen LogP contribution in [0.1, 0.15) is 11.4 Å². The monoisotopic (exact) mass is 398 g/mol. The van der Waals surface area contributed by atoms with Crippen molar-refractivity contribution in [2.45, 2.75) is 13.3 Å². The van der Waals surface area contributed by atoms with Gasteiger partial charge in [0.1, 0.15) is 17.5 Å². The van der Waals surface area contributed by atoms with Crippen molar-refractivity contribution in [2.24, 2.45) is 12.5 Å². The van der Waals surface area contributed by atoms with E-state index in [0.29, 0.717) is 24.5 Å². The van der Waals surface area contributed by atoms with E-state index >= 15 is 0 Å². The van der Waals surface area contributed by atoms with Gasteiger partial charge in [-0.1, -0.05) is 18.2 Å². The second-order valence-corrected chi connectivity index (χ2v) is 7.48. The van der Waals surface area contributed by atoms with Crippen molar-refractivity contribution in [3.63, 3.8) is 0 Å². The summed E-state index contributed by atoms with van der Waals surface area (Å²) in [6.45, 7) is 2.61. The third kappa shape index (κ3) is 3.42. The average Bonchev–Trinajstić information content (AvgIpc) is 3.04. The molecule has 0 aliphatic carbocycles. The lowest BCUT2D eigenvalue weighted by Gasteiger charge is -2.49. The molecule has 0 saturated carbocycles. The molecular weight excluding hydrogens is 375 g/mol. The number of nitrogens with one attached hydrogen (secondary N) is 1. The van der Waals surface area contributed by atoms with Crippen molar-refractivity contribution in [1.82, 2.24) is 25.1 Å². The molecule has 8 nitrogen and oxygen atoms in total. The van der Waals surface area contributed by atoms with E-state index in [0.717, 1.165) is 16.9 Å². The van der Waals surface area contributed by atoms with Crippen LogP contribution >= 0.6 is 0 Å². The quantitative estimate of drug-likeness (QED) is 0.642. The van der Waals surface area contributed by atoms with Gasteiger partial charge in [0.2, 0.25) is 5.91 Å². The minimum atomic E-state index is -0.801. The first kappa shape index (κ1) is 19.3. The number of aliphatic hydroxyl groups is 1. The third-order valence-corrected chi connectivity index (χ3v) is 5.34. The number of fused-ring (bicyclic) bond motifs is 1. The van der Waals surface area contributed by atoms with E-state index in [-0.39, 0.29) is 31.3 Å². The minimum Gasteiger partial charge on any atom is -0.395 e. The molecule has 3 heterocycles. The summed E-state index contributed by atoms with van der Waals surface area (Å²) in [6, 6.07) is 6.50. The summed E-state index contributed by atoms with van der Waals surface area (Å²) in [5.41, 5.74) is 0.422. The number of hydrogen-bond donors (Lipinski definition) is 2. The number of aliphatic hydroxyl groups excluding tert-OH is 1. The van der Waals surface area contributed by atoms with Gasteiger partial charge in [-0.3, -0.25) is 9.48 Å². The third-order valence-electron chi connectivity index (χ3n) is 5.34. The van der Waals surface area contributed by atoms with Gasteiger partial charge >= 0.3 is 0 Å². The van der Waals surface area contributed by atoms with Gasteiger partial charge in [-0.15, -0.1) is 0 Å². The van der Waals surface area contributed by atoms with E-state index in [1.807, 2.05) is 18.9 Å². The highest BCUT2D eigenvalue weighted by Crippen LogP contribution is 2.39.